The van der Waals surface area contributed by atoms with E-state index in [-0.39, 0.29) is 13.0 Å². The fourth-order valence-electron chi connectivity index (χ4n) is 2.15. The minimum absolute atomic E-state index is 0.229. The third-order valence-electron chi connectivity index (χ3n) is 3.20. The Hall–Kier alpha value is -0.870. The summed E-state index contributed by atoms with van der Waals surface area (Å²) in [6.07, 6.45) is 7.72. The molecule has 0 bridgehead atoms. The van der Waals surface area contributed by atoms with E-state index in [1.54, 1.807) is 0 Å². The summed E-state index contributed by atoms with van der Waals surface area (Å²) >= 11 is 0. The van der Waals surface area contributed by atoms with Gasteiger partial charge in [-0.2, -0.15) is 0 Å². The minimum atomic E-state index is -0.731. The van der Waals surface area contributed by atoms with Crippen LogP contribution in [0.3, 0.4) is 0 Å². The zero-order chi connectivity index (χ0) is 12.5. The second-order valence-electron chi connectivity index (χ2n) is 4.56. The Morgan fingerprint density at radius 1 is 1.29 bits per heavy atom. The van der Waals surface area contributed by atoms with Crippen molar-refractivity contribution in [3.05, 3.63) is 12.2 Å². The highest BCUT2D eigenvalue weighted by Crippen LogP contribution is 2.26. The summed E-state index contributed by atoms with van der Waals surface area (Å²) in [6.45, 7) is 1.77. The normalized spacial score (nSPS) is 24.5. The summed E-state index contributed by atoms with van der Waals surface area (Å²) in [5.41, 5.74) is 0. The van der Waals surface area contributed by atoms with Gasteiger partial charge in [-0.15, -0.1) is 0 Å². The van der Waals surface area contributed by atoms with Crippen LogP contribution in [0.2, 0.25) is 0 Å². The van der Waals surface area contributed by atoms with E-state index >= 15 is 0 Å². The molecule has 1 aliphatic rings. The van der Waals surface area contributed by atoms with Gasteiger partial charge in [-0.3, -0.25) is 4.79 Å². The van der Waals surface area contributed by atoms with Crippen LogP contribution in [0.5, 0.6) is 0 Å². The van der Waals surface area contributed by atoms with Gasteiger partial charge in [-0.05, 0) is 37.5 Å². The molecule has 17 heavy (non-hydrogen) atoms. The van der Waals surface area contributed by atoms with Crippen LogP contribution in [0, 0.1) is 11.8 Å². The van der Waals surface area contributed by atoms with Gasteiger partial charge in [0.1, 0.15) is 0 Å². The number of aliphatic hydroxyl groups is 1. The molecule has 0 aromatic rings. The number of carboxylic acids is 1. The summed E-state index contributed by atoms with van der Waals surface area (Å²) < 4.78 is 5.41. The first-order valence-corrected chi connectivity index (χ1v) is 6.29. The van der Waals surface area contributed by atoms with Crippen LogP contribution in [-0.4, -0.2) is 36.0 Å². The molecule has 0 aromatic heterocycles. The summed E-state index contributed by atoms with van der Waals surface area (Å²) in [6, 6.07) is 0. The molecule has 0 spiro atoms. The number of hydrogen-bond acceptors (Lipinski definition) is 3. The highest BCUT2D eigenvalue weighted by molar-refractivity contribution is 5.66. The largest absolute Gasteiger partial charge is 0.481 e. The molecule has 0 amide bonds. The molecule has 1 aliphatic heterocycles. The van der Waals surface area contributed by atoms with Gasteiger partial charge in [0.15, 0.2) is 0 Å². The Kier molecular flexibility index (Phi) is 6.89. The molecule has 2 atom stereocenters. The quantitative estimate of drug-likeness (QED) is 0.503. The van der Waals surface area contributed by atoms with Gasteiger partial charge in [-0.25, -0.2) is 0 Å². The number of aliphatic hydroxyl groups excluding tert-OH is 1. The number of aliphatic carboxylic acids is 1. The first-order valence-electron chi connectivity index (χ1n) is 6.29. The first kappa shape index (κ1) is 14.2. The van der Waals surface area contributed by atoms with Gasteiger partial charge < -0.3 is 14.9 Å². The van der Waals surface area contributed by atoms with Gasteiger partial charge in [0.2, 0.25) is 0 Å². The molecule has 4 heteroatoms. The molecular formula is C13H22O4. The molecule has 0 aromatic carbocycles. The molecule has 1 rings (SSSR count). The highest BCUT2D eigenvalue weighted by Gasteiger charge is 2.26. The Balaban J connectivity index is 2.12. The molecule has 0 unspecified atom stereocenters. The topological polar surface area (TPSA) is 66.8 Å². The fourth-order valence-corrected chi connectivity index (χ4v) is 2.15. The maximum absolute atomic E-state index is 10.3. The number of allylic oxidation sites excluding steroid dienone is 2. The van der Waals surface area contributed by atoms with E-state index in [1.165, 1.54) is 0 Å². The summed E-state index contributed by atoms with van der Waals surface area (Å²) in [4.78, 5) is 10.3. The van der Waals surface area contributed by atoms with Crippen molar-refractivity contribution in [3.8, 4) is 0 Å². The lowest BCUT2D eigenvalue weighted by Crippen LogP contribution is -2.13. The molecule has 1 saturated heterocycles. The predicted molar refractivity (Wildman–Crippen MR) is 64.7 cm³/mol. The number of carboxylic acid groups (broad SMARTS) is 1. The van der Waals surface area contributed by atoms with Crippen LogP contribution < -0.4 is 0 Å². The maximum atomic E-state index is 10.3. The smallest absolute Gasteiger partial charge is 0.303 e. The molecule has 0 aliphatic carbocycles. The summed E-state index contributed by atoms with van der Waals surface area (Å²) in [7, 11) is 0. The van der Waals surface area contributed by atoms with Gasteiger partial charge >= 0.3 is 5.97 Å². The van der Waals surface area contributed by atoms with Crippen LogP contribution in [0.4, 0.5) is 0 Å². The molecule has 98 valence electrons. The van der Waals surface area contributed by atoms with Crippen molar-refractivity contribution in [2.75, 3.05) is 19.8 Å². The van der Waals surface area contributed by atoms with Crippen molar-refractivity contribution in [2.45, 2.75) is 32.1 Å². The van der Waals surface area contributed by atoms with Crippen LogP contribution in [0.15, 0.2) is 12.2 Å². The van der Waals surface area contributed by atoms with Crippen molar-refractivity contribution in [1.82, 2.24) is 0 Å². The van der Waals surface area contributed by atoms with E-state index in [1.807, 2.05) is 0 Å². The first-order chi connectivity index (χ1) is 8.24. The average Bonchev–Trinajstić information content (AvgIpc) is 2.71. The molecule has 4 nitrogen and oxygen atoms in total. The highest BCUT2D eigenvalue weighted by atomic mass is 16.5. The van der Waals surface area contributed by atoms with Crippen molar-refractivity contribution in [3.63, 3.8) is 0 Å². The third kappa shape index (κ3) is 5.84. The second-order valence-corrected chi connectivity index (χ2v) is 4.56. The molecule has 0 radical (unpaired) electrons. The molecule has 1 heterocycles. The van der Waals surface area contributed by atoms with Crippen molar-refractivity contribution >= 4 is 5.97 Å². The van der Waals surface area contributed by atoms with Gasteiger partial charge in [0.05, 0.1) is 6.61 Å². The number of unbranched alkanes of at least 4 members (excludes halogenated alkanes) is 1. The lowest BCUT2D eigenvalue weighted by atomic mass is 9.90. The number of rotatable bonds is 8. The Morgan fingerprint density at radius 2 is 2.06 bits per heavy atom. The van der Waals surface area contributed by atoms with E-state index in [0.29, 0.717) is 18.3 Å². The second kappa shape index (κ2) is 8.25. The number of hydrogen-bond donors (Lipinski definition) is 2. The monoisotopic (exact) mass is 242 g/mol. The summed E-state index contributed by atoms with van der Waals surface area (Å²) in [5.74, 6) is 0.257. The number of ether oxygens (including phenoxy) is 1. The van der Waals surface area contributed by atoms with Crippen LogP contribution in [0.25, 0.3) is 0 Å². The lowest BCUT2D eigenvalue weighted by molar-refractivity contribution is -0.137. The van der Waals surface area contributed by atoms with Crippen LogP contribution in [-0.2, 0) is 9.53 Å². The van der Waals surface area contributed by atoms with Crippen molar-refractivity contribution in [1.29, 1.82) is 0 Å². The van der Waals surface area contributed by atoms with Crippen molar-refractivity contribution < 1.29 is 19.7 Å². The third-order valence-corrected chi connectivity index (χ3v) is 3.20. The van der Waals surface area contributed by atoms with Crippen molar-refractivity contribution in [2.24, 2.45) is 11.8 Å². The van der Waals surface area contributed by atoms with Crippen LogP contribution >= 0.6 is 0 Å². The number of carbonyl (C=O) groups is 1. The molecule has 0 saturated carbocycles. The zero-order valence-corrected chi connectivity index (χ0v) is 10.2. The average molecular weight is 242 g/mol. The molecule has 2 N–H and O–H groups in total. The molecular weight excluding hydrogens is 220 g/mol. The zero-order valence-electron chi connectivity index (χ0n) is 10.2. The Bertz CT molecular complexity index is 250. The fraction of sp³-hybridized carbons (Fsp3) is 0.769. The van der Waals surface area contributed by atoms with E-state index in [9.17, 15) is 4.79 Å². The Morgan fingerprint density at radius 3 is 2.76 bits per heavy atom. The van der Waals surface area contributed by atoms with E-state index in [0.717, 1.165) is 32.5 Å². The van der Waals surface area contributed by atoms with E-state index in [2.05, 4.69) is 12.2 Å². The van der Waals surface area contributed by atoms with Gasteiger partial charge in [0.25, 0.3) is 0 Å². The van der Waals surface area contributed by atoms with Gasteiger partial charge in [0, 0.05) is 19.6 Å². The summed E-state index contributed by atoms with van der Waals surface area (Å²) in [5, 5.41) is 17.4. The molecule has 1 fully saturated rings. The standard InChI is InChI=1S/C13H22O4/c14-8-7-12-10-17-9-11(12)5-3-1-2-4-6-13(15)16/h1,3,11-12,14H,2,4-10H2,(H,15,16)/t11-,12+/m0/s1. The lowest BCUT2D eigenvalue weighted by Gasteiger charge is -2.13. The SMILES string of the molecule is O=C(O)CCCC=CC[C@H]1COC[C@H]1CCO. The van der Waals surface area contributed by atoms with Crippen LogP contribution in [0.1, 0.15) is 32.1 Å². The predicted octanol–water partition coefficient (Wildman–Crippen LogP) is 1.83. The van der Waals surface area contributed by atoms with E-state index in [4.69, 9.17) is 14.9 Å². The Labute approximate surface area is 102 Å². The minimum Gasteiger partial charge on any atom is -0.481 e. The van der Waals surface area contributed by atoms with E-state index < -0.39 is 5.97 Å². The van der Waals surface area contributed by atoms with Gasteiger partial charge in [-0.1, -0.05) is 12.2 Å². The maximum Gasteiger partial charge on any atom is 0.303 e.